The number of nitrogens with one attached hydrogen (secondary N) is 1. The lowest BCUT2D eigenvalue weighted by Gasteiger charge is -2.20. The van der Waals surface area contributed by atoms with Crippen LogP contribution in [0, 0.1) is 0 Å². The van der Waals surface area contributed by atoms with Crippen molar-refractivity contribution in [3.05, 3.63) is 44.6 Å². The van der Waals surface area contributed by atoms with Crippen LogP contribution in [-0.2, 0) is 19.4 Å². The van der Waals surface area contributed by atoms with E-state index in [1.54, 1.807) is 0 Å². The Morgan fingerprint density at radius 1 is 1.33 bits per heavy atom. The molecule has 0 aliphatic carbocycles. The Morgan fingerprint density at radius 3 is 2.95 bits per heavy atom. The average Bonchev–Trinajstić information content (AvgIpc) is 2.50. The molecular weight excluding hydrogens is 350 g/mol. The molecule has 0 fully saturated rings. The van der Waals surface area contributed by atoms with E-state index in [9.17, 15) is 0 Å². The average molecular weight is 367 g/mol. The largest absolute Gasteiger partial charge is 0.312 e. The van der Waals surface area contributed by atoms with E-state index in [2.05, 4.69) is 28.2 Å². The summed E-state index contributed by atoms with van der Waals surface area (Å²) in [6, 6.07) is 5.84. The predicted octanol–water partition coefficient (Wildman–Crippen LogP) is 4.16. The third-order valence-electron chi connectivity index (χ3n) is 3.68. The van der Waals surface area contributed by atoms with Gasteiger partial charge in [-0.2, -0.15) is 0 Å². The molecule has 0 spiro atoms. The third kappa shape index (κ3) is 3.12. The standard InChI is InChI=1S/C16H17BrClN3/c1-2-3-14-11-9-19-7-6-15(11)21-16(20-14)10-4-5-13(18)12(17)8-10/h4-5,8,19H,2-3,6-7,9H2,1H3. The Balaban J connectivity index is 2.09. The number of fused-ring (bicyclic) bond motifs is 1. The van der Waals surface area contributed by atoms with Gasteiger partial charge in [0, 0.05) is 40.8 Å². The van der Waals surface area contributed by atoms with Crippen molar-refractivity contribution in [2.24, 2.45) is 0 Å². The first-order valence-corrected chi connectivity index (χ1v) is 8.41. The Bertz CT molecular complexity index is 673. The molecular formula is C16H17BrClN3. The summed E-state index contributed by atoms with van der Waals surface area (Å²) in [6.45, 7) is 4.05. The van der Waals surface area contributed by atoms with E-state index in [-0.39, 0.29) is 0 Å². The molecule has 110 valence electrons. The molecule has 5 heteroatoms. The highest BCUT2D eigenvalue weighted by molar-refractivity contribution is 9.10. The Morgan fingerprint density at radius 2 is 2.19 bits per heavy atom. The summed E-state index contributed by atoms with van der Waals surface area (Å²) in [6.07, 6.45) is 3.05. The van der Waals surface area contributed by atoms with E-state index in [0.29, 0.717) is 5.02 Å². The molecule has 2 aromatic rings. The number of halogens is 2. The Labute approximate surface area is 138 Å². The second-order valence-electron chi connectivity index (χ2n) is 5.22. The molecule has 2 heterocycles. The highest BCUT2D eigenvalue weighted by Crippen LogP contribution is 2.28. The van der Waals surface area contributed by atoms with Crippen LogP contribution < -0.4 is 5.32 Å². The number of aromatic nitrogens is 2. The third-order valence-corrected chi connectivity index (χ3v) is 4.90. The molecule has 1 N–H and O–H groups in total. The smallest absolute Gasteiger partial charge is 0.159 e. The second-order valence-corrected chi connectivity index (χ2v) is 6.49. The number of benzene rings is 1. The first-order valence-electron chi connectivity index (χ1n) is 7.24. The molecule has 0 unspecified atom stereocenters. The van der Waals surface area contributed by atoms with Gasteiger partial charge in [0.25, 0.3) is 0 Å². The van der Waals surface area contributed by atoms with Gasteiger partial charge in [-0.15, -0.1) is 0 Å². The molecule has 1 aliphatic heterocycles. The van der Waals surface area contributed by atoms with Gasteiger partial charge < -0.3 is 5.32 Å². The number of rotatable bonds is 3. The van der Waals surface area contributed by atoms with Crippen molar-refractivity contribution in [1.29, 1.82) is 0 Å². The fourth-order valence-electron chi connectivity index (χ4n) is 2.62. The van der Waals surface area contributed by atoms with E-state index >= 15 is 0 Å². The zero-order valence-corrected chi connectivity index (χ0v) is 14.3. The van der Waals surface area contributed by atoms with Crippen molar-refractivity contribution in [2.45, 2.75) is 32.7 Å². The van der Waals surface area contributed by atoms with Crippen molar-refractivity contribution in [1.82, 2.24) is 15.3 Å². The lowest BCUT2D eigenvalue weighted by molar-refractivity contribution is 0.615. The maximum atomic E-state index is 6.07. The molecule has 0 bridgehead atoms. The molecule has 1 aromatic carbocycles. The Hall–Kier alpha value is -0.970. The highest BCUT2D eigenvalue weighted by Gasteiger charge is 2.17. The lowest BCUT2D eigenvalue weighted by Crippen LogP contribution is -2.26. The molecule has 0 amide bonds. The van der Waals surface area contributed by atoms with Gasteiger partial charge in [0.2, 0.25) is 0 Å². The monoisotopic (exact) mass is 365 g/mol. The highest BCUT2D eigenvalue weighted by atomic mass is 79.9. The molecule has 0 radical (unpaired) electrons. The first kappa shape index (κ1) is 14.9. The van der Waals surface area contributed by atoms with Gasteiger partial charge >= 0.3 is 0 Å². The van der Waals surface area contributed by atoms with Gasteiger partial charge in [-0.1, -0.05) is 24.9 Å². The van der Waals surface area contributed by atoms with Crippen LogP contribution >= 0.6 is 27.5 Å². The van der Waals surface area contributed by atoms with Crippen molar-refractivity contribution in [2.75, 3.05) is 6.54 Å². The fourth-order valence-corrected chi connectivity index (χ4v) is 3.12. The van der Waals surface area contributed by atoms with Crippen molar-refractivity contribution >= 4 is 27.5 Å². The molecule has 1 aromatic heterocycles. The molecule has 0 saturated carbocycles. The van der Waals surface area contributed by atoms with Crippen LogP contribution in [0.2, 0.25) is 5.02 Å². The number of nitrogens with zero attached hydrogens (tertiary/aromatic N) is 2. The summed E-state index contributed by atoms with van der Waals surface area (Å²) in [5.74, 6) is 0.802. The number of hydrogen-bond acceptors (Lipinski definition) is 3. The second kappa shape index (κ2) is 6.42. The maximum Gasteiger partial charge on any atom is 0.159 e. The molecule has 0 saturated heterocycles. The van der Waals surface area contributed by atoms with E-state index in [1.807, 2.05) is 18.2 Å². The van der Waals surface area contributed by atoms with E-state index < -0.39 is 0 Å². The molecule has 3 nitrogen and oxygen atoms in total. The van der Waals surface area contributed by atoms with Gasteiger partial charge in [-0.3, -0.25) is 0 Å². The number of hydrogen-bond donors (Lipinski definition) is 1. The van der Waals surface area contributed by atoms with Gasteiger partial charge in [-0.05, 0) is 40.5 Å². The topological polar surface area (TPSA) is 37.8 Å². The van der Waals surface area contributed by atoms with Gasteiger partial charge in [0.05, 0.1) is 10.7 Å². The first-order chi connectivity index (χ1) is 10.2. The summed E-state index contributed by atoms with van der Waals surface area (Å²) in [5, 5.41) is 4.11. The molecule has 3 rings (SSSR count). The van der Waals surface area contributed by atoms with E-state index in [0.717, 1.165) is 48.2 Å². The zero-order valence-electron chi connectivity index (χ0n) is 11.9. The Kier molecular flexibility index (Phi) is 4.57. The van der Waals surface area contributed by atoms with Crippen LogP contribution in [0.5, 0.6) is 0 Å². The summed E-state index contributed by atoms with van der Waals surface area (Å²) >= 11 is 9.54. The van der Waals surface area contributed by atoms with Crippen LogP contribution in [0.4, 0.5) is 0 Å². The van der Waals surface area contributed by atoms with Crippen molar-refractivity contribution in [3.63, 3.8) is 0 Å². The van der Waals surface area contributed by atoms with Crippen LogP contribution in [-0.4, -0.2) is 16.5 Å². The van der Waals surface area contributed by atoms with Gasteiger partial charge in [0.1, 0.15) is 0 Å². The molecule has 0 atom stereocenters. The quantitative estimate of drug-likeness (QED) is 0.886. The van der Waals surface area contributed by atoms with Crippen LogP contribution in [0.15, 0.2) is 22.7 Å². The van der Waals surface area contributed by atoms with Crippen LogP contribution in [0.1, 0.15) is 30.3 Å². The van der Waals surface area contributed by atoms with Crippen LogP contribution in [0.25, 0.3) is 11.4 Å². The fraction of sp³-hybridized carbons (Fsp3) is 0.375. The van der Waals surface area contributed by atoms with Crippen molar-refractivity contribution in [3.8, 4) is 11.4 Å². The van der Waals surface area contributed by atoms with Crippen molar-refractivity contribution < 1.29 is 0 Å². The molecule has 1 aliphatic rings. The van der Waals surface area contributed by atoms with Gasteiger partial charge in [-0.25, -0.2) is 9.97 Å². The normalized spacial score (nSPS) is 14.0. The summed E-state index contributed by atoms with van der Waals surface area (Å²) in [5.41, 5.74) is 4.66. The molecule has 21 heavy (non-hydrogen) atoms. The van der Waals surface area contributed by atoms with E-state index in [4.69, 9.17) is 21.6 Å². The minimum atomic E-state index is 0.703. The summed E-state index contributed by atoms with van der Waals surface area (Å²) < 4.78 is 0.877. The minimum Gasteiger partial charge on any atom is -0.312 e. The minimum absolute atomic E-state index is 0.703. The van der Waals surface area contributed by atoms with Gasteiger partial charge in [0.15, 0.2) is 5.82 Å². The maximum absolute atomic E-state index is 6.07. The van der Waals surface area contributed by atoms with E-state index in [1.165, 1.54) is 17.0 Å². The lowest BCUT2D eigenvalue weighted by atomic mass is 10.0. The summed E-state index contributed by atoms with van der Waals surface area (Å²) in [4.78, 5) is 9.58. The number of aryl methyl sites for hydroxylation is 1. The predicted molar refractivity (Wildman–Crippen MR) is 89.6 cm³/mol. The zero-order chi connectivity index (χ0) is 14.8. The summed E-state index contributed by atoms with van der Waals surface area (Å²) in [7, 11) is 0. The SMILES string of the molecule is CCCc1nc(-c2ccc(Cl)c(Br)c2)nc2c1CNCC2. The van der Waals surface area contributed by atoms with Crippen LogP contribution in [0.3, 0.4) is 0 Å².